The van der Waals surface area contributed by atoms with Gasteiger partial charge in [0.15, 0.2) is 0 Å². The molecule has 2 aliphatic rings. The molecule has 1 aliphatic carbocycles. The second-order valence-electron chi connectivity index (χ2n) is 5.83. The first-order valence-corrected chi connectivity index (χ1v) is 6.03. The number of amides is 1. The molecule has 2 rings (SSSR count). The van der Waals surface area contributed by atoms with Crippen LogP contribution in [0, 0.1) is 10.8 Å². The SMILES string of the molecule is CC1(CNC(=O)C2(C)CCNC2)CCC1. The lowest BCUT2D eigenvalue weighted by atomic mass is 9.70. The fourth-order valence-corrected chi connectivity index (χ4v) is 2.47. The Morgan fingerprint density at radius 3 is 2.53 bits per heavy atom. The van der Waals surface area contributed by atoms with Crippen LogP contribution in [-0.4, -0.2) is 25.5 Å². The van der Waals surface area contributed by atoms with E-state index in [-0.39, 0.29) is 11.3 Å². The van der Waals surface area contributed by atoms with Gasteiger partial charge in [-0.3, -0.25) is 4.79 Å². The molecular weight excluding hydrogens is 188 g/mol. The molecule has 1 saturated heterocycles. The van der Waals surface area contributed by atoms with Crippen molar-refractivity contribution in [3.05, 3.63) is 0 Å². The van der Waals surface area contributed by atoms with E-state index in [0.717, 1.165) is 26.1 Å². The number of hydrogen-bond donors (Lipinski definition) is 2. The first kappa shape index (κ1) is 10.9. The summed E-state index contributed by atoms with van der Waals surface area (Å²) in [4.78, 5) is 12.0. The second-order valence-corrected chi connectivity index (χ2v) is 5.83. The van der Waals surface area contributed by atoms with Crippen LogP contribution < -0.4 is 10.6 Å². The third-order valence-electron chi connectivity index (χ3n) is 4.15. The number of carbonyl (C=O) groups excluding carboxylic acids is 1. The highest BCUT2D eigenvalue weighted by Crippen LogP contribution is 2.39. The molecule has 3 nitrogen and oxygen atoms in total. The van der Waals surface area contributed by atoms with Crippen LogP contribution in [0.2, 0.25) is 0 Å². The molecule has 1 unspecified atom stereocenters. The molecular formula is C12H22N2O. The summed E-state index contributed by atoms with van der Waals surface area (Å²) in [5.74, 6) is 0.237. The zero-order valence-electron chi connectivity index (χ0n) is 9.86. The Balaban J connectivity index is 1.81. The van der Waals surface area contributed by atoms with Crippen molar-refractivity contribution >= 4 is 5.91 Å². The molecule has 0 aromatic rings. The van der Waals surface area contributed by atoms with Crippen molar-refractivity contribution in [1.82, 2.24) is 10.6 Å². The highest BCUT2D eigenvalue weighted by Gasteiger charge is 2.38. The minimum absolute atomic E-state index is 0.167. The normalized spacial score (nSPS) is 33.5. The van der Waals surface area contributed by atoms with Crippen molar-refractivity contribution in [3.63, 3.8) is 0 Å². The molecule has 3 heteroatoms. The average Bonchev–Trinajstić information content (AvgIpc) is 2.60. The topological polar surface area (TPSA) is 41.1 Å². The van der Waals surface area contributed by atoms with Gasteiger partial charge >= 0.3 is 0 Å². The van der Waals surface area contributed by atoms with Crippen molar-refractivity contribution in [3.8, 4) is 0 Å². The third-order valence-corrected chi connectivity index (χ3v) is 4.15. The second kappa shape index (κ2) is 3.78. The molecule has 1 heterocycles. The van der Waals surface area contributed by atoms with E-state index in [1.165, 1.54) is 19.3 Å². The monoisotopic (exact) mass is 210 g/mol. The Morgan fingerprint density at radius 2 is 2.07 bits per heavy atom. The van der Waals surface area contributed by atoms with Crippen LogP contribution in [0.25, 0.3) is 0 Å². The Hall–Kier alpha value is -0.570. The lowest BCUT2D eigenvalue weighted by Crippen LogP contribution is -2.46. The van der Waals surface area contributed by atoms with Crippen molar-refractivity contribution in [2.24, 2.45) is 10.8 Å². The smallest absolute Gasteiger partial charge is 0.227 e. The fourth-order valence-electron chi connectivity index (χ4n) is 2.47. The Labute approximate surface area is 92.0 Å². The van der Waals surface area contributed by atoms with Gasteiger partial charge in [0.25, 0.3) is 0 Å². The third kappa shape index (κ3) is 2.17. The van der Waals surface area contributed by atoms with E-state index in [2.05, 4.69) is 24.5 Å². The standard InChI is InChI=1S/C12H22N2O/c1-11(4-3-5-11)8-14-10(15)12(2)6-7-13-9-12/h13H,3-9H2,1-2H3,(H,14,15). The molecule has 0 aromatic heterocycles. The maximum absolute atomic E-state index is 12.0. The summed E-state index contributed by atoms with van der Waals surface area (Å²) in [6, 6.07) is 0. The predicted octanol–water partition coefficient (Wildman–Crippen LogP) is 1.29. The van der Waals surface area contributed by atoms with Crippen LogP contribution in [-0.2, 0) is 4.79 Å². The van der Waals surface area contributed by atoms with Gasteiger partial charge in [0, 0.05) is 13.1 Å². The Kier molecular flexibility index (Phi) is 2.75. The molecule has 1 atom stereocenters. The molecule has 86 valence electrons. The first-order valence-electron chi connectivity index (χ1n) is 6.03. The molecule has 0 spiro atoms. The van der Waals surface area contributed by atoms with E-state index >= 15 is 0 Å². The molecule has 1 saturated carbocycles. The van der Waals surface area contributed by atoms with Crippen LogP contribution >= 0.6 is 0 Å². The van der Waals surface area contributed by atoms with Crippen LogP contribution in [0.5, 0.6) is 0 Å². The molecule has 0 bridgehead atoms. The minimum atomic E-state index is -0.167. The quantitative estimate of drug-likeness (QED) is 0.737. The zero-order chi connectivity index (χ0) is 10.9. The summed E-state index contributed by atoms with van der Waals surface area (Å²) in [7, 11) is 0. The molecule has 15 heavy (non-hydrogen) atoms. The average molecular weight is 210 g/mol. The van der Waals surface area contributed by atoms with Crippen LogP contribution in [0.3, 0.4) is 0 Å². The van der Waals surface area contributed by atoms with E-state index < -0.39 is 0 Å². The van der Waals surface area contributed by atoms with E-state index in [1.54, 1.807) is 0 Å². The summed E-state index contributed by atoms with van der Waals surface area (Å²) in [6.07, 6.45) is 4.82. The number of hydrogen-bond acceptors (Lipinski definition) is 2. The molecule has 1 aliphatic heterocycles. The Morgan fingerprint density at radius 1 is 1.33 bits per heavy atom. The van der Waals surface area contributed by atoms with Crippen molar-refractivity contribution < 1.29 is 4.79 Å². The maximum atomic E-state index is 12.0. The number of carbonyl (C=O) groups is 1. The van der Waals surface area contributed by atoms with Crippen molar-refractivity contribution in [2.45, 2.75) is 39.5 Å². The molecule has 2 fully saturated rings. The lowest BCUT2D eigenvalue weighted by molar-refractivity contribution is -0.130. The zero-order valence-corrected chi connectivity index (χ0v) is 9.86. The van der Waals surface area contributed by atoms with Crippen LogP contribution in [0.1, 0.15) is 39.5 Å². The van der Waals surface area contributed by atoms with E-state index in [0.29, 0.717) is 5.41 Å². The molecule has 2 N–H and O–H groups in total. The van der Waals surface area contributed by atoms with Gasteiger partial charge in [-0.05, 0) is 38.1 Å². The lowest BCUT2D eigenvalue weighted by Gasteiger charge is -2.39. The highest BCUT2D eigenvalue weighted by molar-refractivity contribution is 5.82. The molecule has 0 aromatic carbocycles. The first-order chi connectivity index (χ1) is 7.04. The van der Waals surface area contributed by atoms with Gasteiger partial charge in [0.2, 0.25) is 5.91 Å². The highest BCUT2D eigenvalue weighted by atomic mass is 16.2. The van der Waals surface area contributed by atoms with Crippen molar-refractivity contribution in [2.75, 3.05) is 19.6 Å². The number of rotatable bonds is 3. The van der Waals surface area contributed by atoms with Gasteiger partial charge in [0.05, 0.1) is 5.41 Å². The van der Waals surface area contributed by atoms with Gasteiger partial charge < -0.3 is 10.6 Å². The number of nitrogens with one attached hydrogen (secondary N) is 2. The summed E-state index contributed by atoms with van der Waals surface area (Å²) in [5.41, 5.74) is 0.220. The van der Waals surface area contributed by atoms with Gasteiger partial charge in [-0.25, -0.2) is 0 Å². The van der Waals surface area contributed by atoms with Crippen molar-refractivity contribution in [1.29, 1.82) is 0 Å². The maximum Gasteiger partial charge on any atom is 0.227 e. The molecule has 1 amide bonds. The summed E-state index contributed by atoms with van der Waals surface area (Å²) < 4.78 is 0. The predicted molar refractivity (Wildman–Crippen MR) is 60.6 cm³/mol. The fraction of sp³-hybridized carbons (Fsp3) is 0.917. The van der Waals surface area contributed by atoms with E-state index in [1.807, 2.05) is 0 Å². The van der Waals surface area contributed by atoms with E-state index in [4.69, 9.17) is 0 Å². The largest absolute Gasteiger partial charge is 0.355 e. The summed E-state index contributed by atoms with van der Waals surface area (Å²) in [5, 5.41) is 6.39. The van der Waals surface area contributed by atoms with Crippen LogP contribution in [0.4, 0.5) is 0 Å². The summed E-state index contributed by atoms with van der Waals surface area (Å²) >= 11 is 0. The van der Waals surface area contributed by atoms with E-state index in [9.17, 15) is 4.79 Å². The van der Waals surface area contributed by atoms with Gasteiger partial charge in [-0.2, -0.15) is 0 Å². The summed E-state index contributed by atoms with van der Waals surface area (Å²) in [6.45, 7) is 7.00. The van der Waals surface area contributed by atoms with Gasteiger partial charge in [0.1, 0.15) is 0 Å². The van der Waals surface area contributed by atoms with Gasteiger partial charge in [-0.15, -0.1) is 0 Å². The minimum Gasteiger partial charge on any atom is -0.355 e. The Bertz CT molecular complexity index is 252. The van der Waals surface area contributed by atoms with Crippen LogP contribution in [0.15, 0.2) is 0 Å². The van der Waals surface area contributed by atoms with Gasteiger partial charge in [-0.1, -0.05) is 13.3 Å². The molecule has 0 radical (unpaired) electrons.